The second kappa shape index (κ2) is 7.88. The number of ether oxygens (including phenoxy) is 2. The maximum atomic E-state index is 11.6. The molecule has 1 heterocycles. The molecule has 0 atom stereocenters. The average molecular weight is 389 g/mol. The molecule has 0 aliphatic carbocycles. The standard InChI is InChI=1S/C18H13ClN2O6/c1-25-18(22)12-5-6-15(21(23)24)16(8-12)26-9-14-10-27-17(20-14)11-3-2-4-13(19)7-11/h2-8,10H,9H2,1H3. The van der Waals surface area contributed by atoms with Crippen molar-refractivity contribution in [3.8, 4) is 17.2 Å². The molecule has 3 rings (SSSR count). The van der Waals surface area contributed by atoms with Gasteiger partial charge in [0.25, 0.3) is 0 Å². The first-order valence-electron chi connectivity index (χ1n) is 7.68. The van der Waals surface area contributed by atoms with Crippen molar-refractivity contribution in [3.05, 3.63) is 75.1 Å². The fourth-order valence-electron chi connectivity index (χ4n) is 2.30. The normalized spacial score (nSPS) is 10.4. The van der Waals surface area contributed by atoms with Gasteiger partial charge < -0.3 is 13.9 Å². The number of carbonyl (C=O) groups excluding carboxylic acids is 1. The van der Waals surface area contributed by atoms with Crippen LogP contribution < -0.4 is 4.74 Å². The molecular weight excluding hydrogens is 376 g/mol. The number of nitrogens with zero attached hydrogens (tertiary/aromatic N) is 2. The van der Waals surface area contributed by atoms with E-state index in [1.165, 1.54) is 31.6 Å². The number of hydrogen-bond acceptors (Lipinski definition) is 7. The van der Waals surface area contributed by atoms with E-state index in [9.17, 15) is 14.9 Å². The van der Waals surface area contributed by atoms with Gasteiger partial charge in [0.05, 0.1) is 17.6 Å². The minimum atomic E-state index is -0.626. The van der Waals surface area contributed by atoms with E-state index in [1.807, 2.05) is 0 Å². The molecule has 0 fully saturated rings. The summed E-state index contributed by atoms with van der Waals surface area (Å²) in [6.07, 6.45) is 1.38. The van der Waals surface area contributed by atoms with Crippen LogP contribution in [0.2, 0.25) is 5.02 Å². The van der Waals surface area contributed by atoms with Crippen molar-refractivity contribution in [1.82, 2.24) is 4.98 Å². The molecule has 0 amide bonds. The van der Waals surface area contributed by atoms with Gasteiger partial charge >= 0.3 is 11.7 Å². The molecule has 1 aromatic heterocycles. The van der Waals surface area contributed by atoms with Gasteiger partial charge in [-0.2, -0.15) is 0 Å². The summed E-state index contributed by atoms with van der Waals surface area (Å²) >= 11 is 5.95. The number of methoxy groups -OCH3 is 1. The quantitative estimate of drug-likeness (QED) is 0.352. The highest BCUT2D eigenvalue weighted by Crippen LogP contribution is 2.29. The lowest BCUT2D eigenvalue weighted by molar-refractivity contribution is -0.385. The van der Waals surface area contributed by atoms with Crippen molar-refractivity contribution in [2.45, 2.75) is 6.61 Å². The summed E-state index contributed by atoms with van der Waals surface area (Å²) in [5.74, 6) is -0.358. The number of aromatic nitrogens is 1. The van der Waals surface area contributed by atoms with Crippen molar-refractivity contribution in [1.29, 1.82) is 0 Å². The molecule has 0 aliphatic heterocycles. The average Bonchev–Trinajstić information content (AvgIpc) is 3.14. The van der Waals surface area contributed by atoms with Crippen LogP contribution >= 0.6 is 11.6 Å². The molecule has 0 saturated heterocycles. The fourth-order valence-corrected chi connectivity index (χ4v) is 2.49. The van der Waals surface area contributed by atoms with E-state index < -0.39 is 10.9 Å². The van der Waals surface area contributed by atoms with Gasteiger partial charge in [-0.05, 0) is 24.3 Å². The zero-order valence-corrected chi connectivity index (χ0v) is 14.8. The number of nitro groups is 1. The SMILES string of the molecule is COC(=O)c1ccc([N+](=O)[O-])c(OCc2coc(-c3cccc(Cl)c3)n2)c1. The largest absolute Gasteiger partial charge is 0.480 e. The van der Waals surface area contributed by atoms with Gasteiger partial charge in [-0.25, -0.2) is 9.78 Å². The van der Waals surface area contributed by atoms with Crippen LogP contribution in [0.3, 0.4) is 0 Å². The zero-order chi connectivity index (χ0) is 19.4. The summed E-state index contributed by atoms with van der Waals surface area (Å²) in [5, 5.41) is 11.7. The minimum absolute atomic E-state index is 0.0739. The summed E-state index contributed by atoms with van der Waals surface area (Å²) in [4.78, 5) is 26.5. The third-order valence-electron chi connectivity index (χ3n) is 3.58. The maximum absolute atomic E-state index is 11.6. The second-order valence-corrected chi connectivity index (χ2v) is 5.81. The Hall–Kier alpha value is -3.39. The van der Waals surface area contributed by atoms with E-state index in [0.29, 0.717) is 22.2 Å². The Labute approximate surface area is 158 Å². The van der Waals surface area contributed by atoms with Gasteiger partial charge in [-0.15, -0.1) is 0 Å². The monoisotopic (exact) mass is 388 g/mol. The van der Waals surface area contributed by atoms with Crippen molar-refractivity contribution in [2.75, 3.05) is 7.11 Å². The minimum Gasteiger partial charge on any atom is -0.480 e. The van der Waals surface area contributed by atoms with E-state index in [2.05, 4.69) is 9.72 Å². The first-order valence-corrected chi connectivity index (χ1v) is 8.05. The second-order valence-electron chi connectivity index (χ2n) is 5.37. The van der Waals surface area contributed by atoms with Crippen LogP contribution in [-0.4, -0.2) is 23.0 Å². The van der Waals surface area contributed by atoms with Crippen molar-refractivity contribution in [2.24, 2.45) is 0 Å². The molecule has 27 heavy (non-hydrogen) atoms. The summed E-state index contributed by atoms with van der Waals surface area (Å²) < 4.78 is 15.5. The first-order chi connectivity index (χ1) is 13.0. The van der Waals surface area contributed by atoms with Gasteiger partial charge in [-0.3, -0.25) is 10.1 Å². The molecule has 2 aromatic carbocycles. The Bertz CT molecular complexity index is 1000. The Kier molecular flexibility index (Phi) is 5.37. The zero-order valence-electron chi connectivity index (χ0n) is 14.0. The van der Waals surface area contributed by atoms with Crippen LogP contribution in [0.1, 0.15) is 16.1 Å². The van der Waals surface area contributed by atoms with Crippen molar-refractivity contribution >= 4 is 23.3 Å². The van der Waals surface area contributed by atoms with Gasteiger partial charge in [0.15, 0.2) is 5.75 Å². The highest BCUT2D eigenvalue weighted by molar-refractivity contribution is 6.30. The van der Waals surface area contributed by atoms with Gasteiger partial charge in [-0.1, -0.05) is 17.7 Å². The Morgan fingerprint density at radius 2 is 2.11 bits per heavy atom. The fraction of sp³-hybridized carbons (Fsp3) is 0.111. The number of rotatable bonds is 6. The smallest absolute Gasteiger partial charge is 0.337 e. The third kappa shape index (κ3) is 4.24. The number of halogens is 1. The van der Waals surface area contributed by atoms with E-state index in [1.54, 1.807) is 24.3 Å². The lowest BCUT2D eigenvalue weighted by atomic mass is 10.2. The molecule has 0 unspecified atom stereocenters. The third-order valence-corrected chi connectivity index (χ3v) is 3.81. The summed E-state index contributed by atoms with van der Waals surface area (Å²) in [6, 6.07) is 10.7. The molecule has 138 valence electrons. The van der Waals surface area contributed by atoms with Gasteiger partial charge in [0.2, 0.25) is 5.89 Å². The summed E-state index contributed by atoms with van der Waals surface area (Å²) in [5.41, 5.74) is 0.967. The van der Waals surface area contributed by atoms with Crippen LogP contribution in [0, 0.1) is 10.1 Å². The van der Waals surface area contributed by atoms with E-state index in [4.69, 9.17) is 20.8 Å². The van der Waals surface area contributed by atoms with Crippen LogP contribution in [0.15, 0.2) is 53.1 Å². The molecule has 0 spiro atoms. The number of hydrogen-bond donors (Lipinski definition) is 0. The first kappa shape index (κ1) is 18.4. The summed E-state index contributed by atoms with van der Waals surface area (Å²) in [6.45, 7) is -0.0878. The van der Waals surface area contributed by atoms with E-state index in [-0.39, 0.29) is 23.6 Å². The molecule has 0 bridgehead atoms. The molecule has 8 nitrogen and oxygen atoms in total. The van der Waals surface area contributed by atoms with Crippen molar-refractivity contribution in [3.63, 3.8) is 0 Å². The number of carbonyl (C=O) groups is 1. The number of benzene rings is 2. The van der Waals surface area contributed by atoms with Crippen LogP contribution in [-0.2, 0) is 11.3 Å². The Morgan fingerprint density at radius 3 is 2.81 bits per heavy atom. The summed E-state index contributed by atoms with van der Waals surface area (Å²) in [7, 11) is 1.22. The van der Waals surface area contributed by atoms with Crippen molar-refractivity contribution < 1.29 is 23.6 Å². The van der Waals surface area contributed by atoms with E-state index in [0.717, 1.165) is 0 Å². The lowest BCUT2D eigenvalue weighted by Gasteiger charge is -2.06. The highest BCUT2D eigenvalue weighted by Gasteiger charge is 2.19. The molecule has 3 aromatic rings. The highest BCUT2D eigenvalue weighted by atomic mass is 35.5. The van der Waals surface area contributed by atoms with Gasteiger partial charge in [0.1, 0.15) is 18.6 Å². The molecule has 0 N–H and O–H groups in total. The number of nitro benzene ring substituents is 1. The topological polar surface area (TPSA) is 105 Å². The Morgan fingerprint density at radius 1 is 1.30 bits per heavy atom. The number of oxazole rings is 1. The van der Waals surface area contributed by atoms with Crippen LogP contribution in [0.4, 0.5) is 5.69 Å². The van der Waals surface area contributed by atoms with Gasteiger partial charge in [0, 0.05) is 22.7 Å². The van der Waals surface area contributed by atoms with Crippen LogP contribution in [0.25, 0.3) is 11.5 Å². The Balaban J connectivity index is 1.80. The van der Waals surface area contributed by atoms with Crippen LogP contribution in [0.5, 0.6) is 5.75 Å². The molecular formula is C18H13ClN2O6. The lowest BCUT2D eigenvalue weighted by Crippen LogP contribution is -2.04. The number of esters is 1. The molecule has 9 heteroatoms. The predicted octanol–water partition coefficient (Wildman–Crippen LogP) is 4.27. The van der Waals surface area contributed by atoms with E-state index >= 15 is 0 Å². The molecule has 0 radical (unpaired) electrons. The predicted molar refractivity (Wildman–Crippen MR) is 95.7 cm³/mol. The maximum Gasteiger partial charge on any atom is 0.337 e. The molecule has 0 aliphatic rings. The molecule has 0 saturated carbocycles.